The fourth-order valence-corrected chi connectivity index (χ4v) is 0.877. The van der Waals surface area contributed by atoms with E-state index < -0.39 is 5.23 Å². The van der Waals surface area contributed by atoms with Gasteiger partial charge in [0.25, 0.3) is 0 Å². The van der Waals surface area contributed by atoms with Crippen LogP contribution in [0.5, 0.6) is 0 Å². The van der Waals surface area contributed by atoms with Gasteiger partial charge < -0.3 is 10.9 Å². The van der Waals surface area contributed by atoms with Crippen molar-refractivity contribution in [1.29, 1.82) is 0 Å². The molecule has 0 heterocycles. The lowest BCUT2D eigenvalue weighted by Crippen LogP contribution is -2.99. The molecule has 0 bridgehead atoms. The molecule has 0 spiro atoms. The third-order valence-corrected chi connectivity index (χ3v) is 1.44. The zero-order chi connectivity index (χ0) is 8.43. The van der Waals surface area contributed by atoms with Crippen molar-refractivity contribution in [1.82, 2.24) is 0 Å². The first-order chi connectivity index (χ1) is 5.11. The molecule has 4 heteroatoms. The second-order valence-electron chi connectivity index (χ2n) is 2.40. The number of nitrogens with one attached hydrogen (secondary N) is 1. The molecule has 1 aromatic carbocycles. The molecule has 60 valence electrons. The SMILES string of the molecule is Cc1ccc([NH+]([O-])O)c(N)c1. The molecule has 0 radical (unpaired) electrons. The molecule has 0 aliphatic rings. The van der Waals surface area contributed by atoms with Gasteiger partial charge in [0.1, 0.15) is 0 Å². The number of benzene rings is 1. The highest BCUT2D eigenvalue weighted by Gasteiger charge is 2.03. The molecule has 0 fully saturated rings. The number of hydrogen-bond donors (Lipinski definition) is 3. The highest BCUT2D eigenvalue weighted by atomic mass is 16.8. The van der Waals surface area contributed by atoms with Gasteiger partial charge in [-0.3, -0.25) is 0 Å². The molecular weight excluding hydrogens is 144 g/mol. The van der Waals surface area contributed by atoms with Crippen LogP contribution in [0, 0.1) is 12.1 Å². The molecule has 1 atom stereocenters. The Kier molecular flexibility index (Phi) is 2.09. The zero-order valence-corrected chi connectivity index (χ0v) is 6.16. The fraction of sp³-hybridized carbons (Fsp3) is 0.143. The van der Waals surface area contributed by atoms with Gasteiger partial charge in [-0.05, 0) is 18.6 Å². The summed E-state index contributed by atoms with van der Waals surface area (Å²) in [7, 11) is 0. The van der Waals surface area contributed by atoms with Gasteiger partial charge in [0.2, 0.25) is 0 Å². The van der Waals surface area contributed by atoms with Crippen LogP contribution in [-0.4, -0.2) is 5.21 Å². The molecule has 0 amide bonds. The molecule has 4 N–H and O–H groups in total. The Morgan fingerprint density at radius 1 is 1.55 bits per heavy atom. The van der Waals surface area contributed by atoms with Crippen LogP contribution >= 0.6 is 0 Å². The van der Waals surface area contributed by atoms with Gasteiger partial charge in [0.05, 0.1) is 5.69 Å². The molecule has 4 nitrogen and oxygen atoms in total. The highest BCUT2D eigenvalue weighted by Crippen LogP contribution is 2.14. The van der Waals surface area contributed by atoms with E-state index in [0.29, 0.717) is 5.69 Å². The summed E-state index contributed by atoms with van der Waals surface area (Å²) in [6.07, 6.45) is 0. The third-order valence-electron chi connectivity index (χ3n) is 1.44. The lowest BCUT2D eigenvalue weighted by molar-refractivity contribution is -0.990. The number of rotatable bonds is 1. The van der Waals surface area contributed by atoms with E-state index in [1.54, 1.807) is 12.1 Å². The zero-order valence-electron chi connectivity index (χ0n) is 6.16. The van der Waals surface area contributed by atoms with Gasteiger partial charge in [0.15, 0.2) is 5.69 Å². The Hall–Kier alpha value is -1.10. The maximum Gasteiger partial charge on any atom is 0.186 e. The molecule has 0 aliphatic carbocycles. The summed E-state index contributed by atoms with van der Waals surface area (Å²) in [5.74, 6) is 0. The first-order valence-electron chi connectivity index (χ1n) is 3.20. The van der Waals surface area contributed by atoms with Crippen molar-refractivity contribution in [2.24, 2.45) is 0 Å². The number of nitrogens with two attached hydrogens (primary N) is 1. The van der Waals surface area contributed by atoms with Gasteiger partial charge in [-0.1, -0.05) is 6.07 Å². The van der Waals surface area contributed by atoms with Crippen molar-refractivity contribution in [3.63, 3.8) is 0 Å². The number of quaternary nitrogens is 1. The summed E-state index contributed by atoms with van der Waals surface area (Å²) >= 11 is 0. The number of nitrogen functional groups attached to an aromatic ring is 1. The molecule has 1 unspecified atom stereocenters. The lowest BCUT2D eigenvalue weighted by Gasteiger charge is -2.13. The van der Waals surface area contributed by atoms with Crippen LogP contribution in [0.1, 0.15) is 5.56 Å². The first kappa shape index (κ1) is 8.00. The van der Waals surface area contributed by atoms with Crippen molar-refractivity contribution in [3.05, 3.63) is 29.0 Å². The second kappa shape index (κ2) is 2.87. The van der Waals surface area contributed by atoms with Gasteiger partial charge >= 0.3 is 0 Å². The van der Waals surface area contributed by atoms with E-state index >= 15 is 0 Å². The smallest absolute Gasteiger partial charge is 0.186 e. The molecule has 0 aromatic heterocycles. The van der Waals surface area contributed by atoms with Crippen molar-refractivity contribution < 1.29 is 10.4 Å². The third kappa shape index (κ3) is 1.68. The minimum atomic E-state index is -0.984. The quantitative estimate of drug-likeness (QED) is 0.393. The van der Waals surface area contributed by atoms with Crippen molar-refractivity contribution in [2.45, 2.75) is 6.92 Å². The predicted octanol–water partition coefficient (Wildman–Crippen LogP) is -0.0194. The largest absolute Gasteiger partial charge is 0.595 e. The summed E-state index contributed by atoms with van der Waals surface area (Å²) in [6, 6.07) is 4.87. The Morgan fingerprint density at radius 3 is 2.64 bits per heavy atom. The van der Waals surface area contributed by atoms with Crippen LogP contribution < -0.4 is 11.0 Å². The van der Waals surface area contributed by atoms with E-state index in [1.165, 1.54) is 6.07 Å². The standard InChI is InChI=1S/C7H10N2O2/c1-5-2-3-7(9(10)11)6(8)4-5/h2-4,9-10H,8H2,1H3. The van der Waals surface area contributed by atoms with Crippen LogP contribution in [0.2, 0.25) is 0 Å². The lowest BCUT2D eigenvalue weighted by atomic mass is 10.2. The molecule has 0 saturated carbocycles. The Balaban J connectivity index is 3.09. The number of hydrogen-bond acceptors (Lipinski definition) is 3. The summed E-state index contributed by atoms with van der Waals surface area (Å²) in [6.45, 7) is 1.86. The maximum atomic E-state index is 10.5. The number of anilines is 1. The average molecular weight is 154 g/mol. The van der Waals surface area contributed by atoms with Crippen LogP contribution in [0.4, 0.5) is 11.4 Å². The second-order valence-corrected chi connectivity index (χ2v) is 2.40. The predicted molar refractivity (Wildman–Crippen MR) is 41.4 cm³/mol. The van der Waals surface area contributed by atoms with E-state index in [-0.39, 0.29) is 5.69 Å². The summed E-state index contributed by atoms with van der Waals surface area (Å²) < 4.78 is 0. The van der Waals surface area contributed by atoms with Crippen LogP contribution in [-0.2, 0) is 0 Å². The molecule has 11 heavy (non-hydrogen) atoms. The van der Waals surface area contributed by atoms with Gasteiger partial charge in [-0.15, -0.1) is 0 Å². The van der Waals surface area contributed by atoms with Crippen LogP contribution in [0.25, 0.3) is 0 Å². The first-order valence-corrected chi connectivity index (χ1v) is 3.20. The Bertz CT molecular complexity index is 261. The molecular formula is C7H10N2O2. The fourth-order valence-electron chi connectivity index (χ4n) is 0.877. The van der Waals surface area contributed by atoms with Gasteiger partial charge in [-0.2, -0.15) is 5.23 Å². The molecule has 0 saturated heterocycles. The molecule has 1 aromatic rings. The minimum Gasteiger partial charge on any atom is -0.595 e. The van der Waals surface area contributed by atoms with Crippen molar-refractivity contribution >= 4 is 11.4 Å². The highest BCUT2D eigenvalue weighted by molar-refractivity contribution is 5.58. The van der Waals surface area contributed by atoms with Crippen molar-refractivity contribution in [3.8, 4) is 0 Å². The monoisotopic (exact) mass is 154 g/mol. The van der Waals surface area contributed by atoms with Crippen LogP contribution in [0.3, 0.4) is 0 Å². The Morgan fingerprint density at radius 2 is 2.18 bits per heavy atom. The van der Waals surface area contributed by atoms with E-state index in [1.807, 2.05) is 6.92 Å². The van der Waals surface area contributed by atoms with Gasteiger partial charge in [0, 0.05) is 6.07 Å². The van der Waals surface area contributed by atoms with E-state index in [2.05, 4.69) is 0 Å². The maximum absolute atomic E-state index is 10.5. The van der Waals surface area contributed by atoms with E-state index in [4.69, 9.17) is 10.9 Å². The van der Waals surface area contributed by atoms with Crippen LogP contribution in [0.15, 0.2) is 18.2 Å². The van der Waals surface area contributed by atoms with E-state index in [0.717, 1.165) is 5.56 Å². The topological polar surface area (TPSA) is 73.8 Å². The Labute approximate surface area is 64.4 Å². The number of aryl methyl sites for hydroxylation is 1. The minimum absolute atomic E-state index is 0.163. The molecule has 1 rings (SSSR count). The van der Waals surface area contributed by atoms with Crippen molar-refractivity contribution in [2.75, 3.05) is 5.73 Å². The summed E-state index contributed by atoms with van der Waals surface area (Å²) in [4.78, 5) is 0. The van der Waals surface area contributed by atoms with Gasteiger partial charge in [-0.25, -0.2) is 5.21 Å². The normalized spacial score (nSPS) is 13.0. The summed E-state index contributed by atoms with van der Waals surface area (Å²) in [5, 5.41) is 18.0. The molecule has 0 aliphatic heterocycles. The summed E-state index contributed by atoms with van der Waals surface area (Å²) in [5.41, 5.74) is 6.89. The average Bonchev–Trinajstić information content (AvgIpc) is 1.85. The van der Waals surface area contributed by atoms with E-state index in [9.17, 15) is 5.21 Å².